The summed E-state index contributed by atoms with van der Waals surface area (Å²) >= 11 is 0. The van der Waals surface area contributed by atoms with Crippen LogP contribution in [0.25, 0.3) is 5.69 Å². The number of aromatic nitrogens is 2. The zero-order chi connectivity index (χ0) is 23.3. The Labute approximate surface area is 185 Å². The molecular formula is C23H26F2N4O3. The second-order valence-corrected chi connectivity index (χ2v) is 7.50. The fourth-order valence-corrected chi connectivity index (χ4v) is 3.27. The topological polar surface area (TPSA) is 68.6 Å². The lowest BCUT2D eigenvalue weighted by Gasteiger charge is -2.18. The molecule has 0 fully saturated rings. The van der Waals surface area contributed by atoms with Gasteiger partial charge in [-0.1, -0.05) is 23.8 Å². The van der Waals surface area contributed by atoms with Crippen LogP contribution in [-0.2, 0) is 11.3 Å². The molecular weight excluding hydrogens is 418 g/mol. The molecule has 32 heavy (non-hydrogen) atoms. The first-order chi connectivity index (χ1) is 15.2. The molecule has 1 amide bonds. The van der Waals surface area contributed by atoms with Crippen molar-refractivity contribution in [3.8, 4) is 17.2 Å². The highest BCUT2D eigenvalue weighted by molar-refractivity contribution is 5.91. The number of aryl methyl sites for hydroxylation is 2. The highest BCUT2D eigenvalue weighted by Gasteiger charge is 2.15. The van der Waals surface area contributed by atoms with Crippen LogP contribution < -0.4 is 14.8 Å². The van der Waals surface area contributed by atoms with Crippen molar-refractivity contribution in [3.63, 3.8) is 0 Å². The summed E-state index contributed by atoms with van der Waals surface area (Å²) in [6.07, 6.45) is 0. The third kappa shape index (κ3) is 6.04. The Morgan fingerprint density at radius 3 is 2.50 bits per heavy atom. The lowest BCUT2D eigenvalue weighted by molar-refractivity contribution is -0.117. The summed E-state index contributed by atoms with van der Waals surface area (Å²) in [6.45, 7) is 1.47. The lowest BCUT2D eigenvalue weighted by atomic mass is 10.2. The summed E-state index contributed by atoms with van der Waals surface area (Å²) in [7, 11) is 3.17. The molecule has 0 radical (unpaired) electrons. The average Bonchev–Trinajstić information content (AvgIpc) is 3.08. The molecule has 0 aliphatic carbocycles. The summed E-state index contributed by atoms with van der Waals surface area (Å²) in [5.74, 6) is 0.551. The number of halogens is 2. The van der Waals surface area contributed by atoms with Crippen LogP contribution in [-0.4, -0.2) is 47.9 Å². The second kappa shape index (κ2) is 10.2. The standard InChI is InChI=1S/C23H26F2N4O3/c1-15-5-8-18(9-6-15)29-21(11-16(2)27-29)26-22(30)14-28(3)13-17-7-10-19(32-23(24)25)20(12-17)31-4/h5-12,23H,13-14H2,1-4H3,(H,26,30). The van der Waals surface area contributed by atoms with Crippen molar-refractivity contribution < 1.29 is 23.0 Å². The Kier molecular flexibility index (Phi) is 7.42. The number of methoxy groups -OCH3 is 1. The summed E-state index contributed by atoms with van der Waals surface area (Å²) in [6, 6.07) is 14.4. The molecule has 0 saturated carbocycles. The SMILES string of the molecule is COc1cc(CN(C)CC(=O)Nc2cc(C)nn2-c2ccc(C)cc2)ccc1OC(F)F. The minimum atomic E-state index is -2.93. The molecule has 170 valence electrons. The van der Waals surface area contributed by atoms with Crippen LogP contribution in [0.5, 0.6) is 11.5 Å². The van der Waals surface area contributed by atoms with Gasteiger partial charge in [0, 0.05) is 12.6 Å². The molecule has 7 nitrogen and oxygen atoms in total. The zero-order valence-electron chi connectivity index (χ0n) is 18.4. The summed E-state index contributed by atoms with van der Waals surface area (Å²) in [5.41, 5.74) is 3.56. The van der Waals surface area contributed by atoms with Gasteiger partial charge >= 0.3 is 6.61 Å². The number of likely N-dealkylation sites (N-methyl/N-ethyl adjacent to an activating group) is 1. The fourth-order valence-electron chi connectivity index (χ4n) is 3.27. The van der Waals surface area contributed by atoms with Crippen LogP contribution in [0.1, 0.15) is 16.8 Å². The number of carbonyl (C=O) groups excluding carboxylic acids is 1. The van der Waals surface area contributed by atoms with E-state index in [4.69, 9.17) is 4.74 Å². The first-order valence-corrected chi connectivity index (χ1v) is 9.99. The smallest absolute Gasteiger partial charge is 0.387 e. The fraction of sp³-hybridized carbons (Fsp3) is 0.304. The van der Waals surface area contributed by atoms with Crippen molar-refractivity contribution in [2.24, 2.45) is 0 Å². The van der Waals surface area contributed by atoms with Crippen molar-refractivity contribution in [1.82, 2.24) is 14.7 Å². The van der Waals surface area contributed by atoms with Crippen LogP contribution in [0.3, 0.4) is 0 Å². The number of anilines is 1. The highest BCUT2D eigenvalue weighted by atomic mass is 19.3. The number of hydrogen-bond donors (Lipinski definition) is 1. The Morgan fingerprint density at radius 2 is 1.84 bits per heavy atom. The van der Waals surface area contributed by atoms with Crippen LogP contribution in [0, 0.1) is 13.8 Å². The molecule has 0 spiro atoms. The quantitative estimate of drug-likeness (QED) is 0.537. The number of carbonyl (C=O) groups is 1. The van der Waals surface area contributed by atoms with E-state index in [1.54, 1.807) is 28.8 Å². The van der Waals surface area contributed by atoms with Crippen LogP contribution >= 0.6 is 0 Å². The minimum Gasteiger partial charge on any atom is -0.493 e. The molecule has 0 unspecified atom stereocenters. The minimum absolute atomic E-state index is 0.0358. The van der Waals surface area contributed by atoms with Crippen molar-refractivity contribution in [2.45, 2.75) is 27.0 Å². The van der Waals surface area contributed by atoms with Gasteiger partial charge in [0.05, 0.1) is 25.0 Å². The highest BCUT2D eigenvalue weighted by Crippen LogP contribution is 2.29. The van der Waals surface area contributed by atoms with Gasteiger partial charge < -0.3 is 14.8 Å². The number of benzene rings is 2. The van der Waals surface area contributed by atoms with E-state index in [9.17, 15) is 13.6 Å². The summed E-state index contributed by atoms with van der Waals surface area (Å²) < 4.78 is 36.2. The first kappa shape index (κ1) is 23.2. The maximum absolute atomic E-state index is 12.6. The van der Waals surface area contributed by atoms with Gasteiger partial charge in [0.2, 0.25) is 5.91 Å². The van der Waals surface area contributed by atoms with E-state index in [-0.39, 0.29) is 24.0 Å². The van der Waals surface area contributed by atoms with E-state index < -0.39 is 6.61 Å². The number of nitrogens with zero attached hydrogens (tertiary/aromatic N) is 3. The van der Waals surface area contributed by atoms with Crippen LogP contribution in [0.4, 0.5) is 14.6 Å². The van der Waals surface area contributed by atoms with Crippen molar-refractivity contribution >= 4 is 11.7 Å². The maximum atomic E-state index is 12.6. The Balaban J connectivity index is 1.64. The van der Waals surface area contributed by atoms with E-state index in [0.29, 0.717) is 12.4 Å². The molecule has 3 aromatic rings. The number of nitrogens with one attached hydrogen (secondary N) is 1. The molecule has 0 aliphatic heterocycles. The van der Waals surface area contributed by atoms with E-state index >= 15 is 0 Å². The maximum Gasteiger partial charge on any atom is 0.387 e. The molecule has 1 N–H and O–H groups in total. The van der Waals surface area contributed by atoms with Gasteiger partial charge in [-0.15, -0.1) is 0 Å². The molecule has 0 bridgehead atoms. The molecule has 0 aliphatic rings. The van der Waals surface area contributed by atoms with Gasteiger partial charge in [-0.25, -0.2) is 4.68 Å². The molecule has 9 heteroatoms. The van der Waals surface area contributed by atoms with Gasteiger partial charge in [0.15, 0.2) is 11.5 Å². The Hall–Kier alpha value is -3.46. The van der Waals surface area contributed by atoms with Crippen LogP contribution in [0.15, 0.2) is 48.5 Å². The van der Waals surface area contributed by atoms with Gasteiger partial charge in [-0.3, -0.25) is 9.69 Å². The lowest BCUT2D eigenvalue weighted by Crippen LogP contribution is -2.30. The predicted molar refractivity (Wildman–Crippen MR) is 118 cm³/mol. The van der Waals surface area contributed by atoms with Gasteiger partial charge in [0.25, 0.3) is 0 Å². The molecule has 0 atom stereocenters. The molecule has 1 heterocycles. The number of hydrogen-bond acceptors (Lipinski definition) is 5. The van der Waals surface area contributed by atoms with E-state index in [2.05, 4.69) is 15.2 Å². The third-order valence-electron chi connectivity index (χ3n) is 4.69. The van der Waals surface area contributed by atoms with Gasteiger partial charge in [0.1, 0.15) is 5.82 Å². The van der Waals surface area contributed by atoms with Crippen molar-refractivity contribution in [3.05, 3.63) is 65.4 Å². The number of ether oxygens (including phenoxy) is 2. The van der Waals surface area contributed by atoms with E-state index in [1.165, 1.54) is 13.2 Å². The third-order valence-corrected chi connectivity index (χ3v) is 4.69. The van der Waals surface area contributed by atoms with Gasteiger partial charge in [-0.2, -0.15) is 13.9 Å². The van der Waals surface area contributed by atoms with E-state index in [0.717, 1.165) is 22.5 Å². The Bertz CT molecular complexity index is 1070. The normalized spacial score (nSPS) is 11.1. The zero-order valence-corrected chi connectivity index (χ0v) is 18.4. The summed E-state index contributed by atoms with van der Waals surface area (Å²) in [5, 5.41) is 7.37. The number of rotatable bonds is 9. The number of amides is 1. The van der Waals surface area contributed by atoms with E-state index in [1.807, 2.05) is 44.2 Å². The molecule has 2 aromatic carbocycles. The largest absolute Gasteiger partial charge is 0.493 e. The monoisotopic (exact) mass is 444 g/mol. The van der Waals surface area contributed by atoms with Gasteiger partial charge in [-0.05, 0) is 50.7 Å². The molecule has 0 saturated heterocycles. The van der Waals surface area contributed by atoms with Crippen molar-refractivity contribution in [2.75, 3.05) is 26.0 Å². The average molecular weight is 444 g/mol. The van der Waals surface area contributed by atoms with Crippen molar-refractivity contribution in [1.29, 1.82) is 0 Å². The Morgan fingerprint density at radius 1 is 1.12 bits per heavy atom. The molecule has 3 rings (SSSR count). The number of alkyl halides is 2. The van der Waals surface area contributed by atoms with Crippen LogP contribution in [0.2, 0.25) is 0 Å². The summed E-state index contributed by atoms with van der Waals surface area (Å²) in [4.78, 5) is 14.4. The molecule has 1 aromatic heterocycles. The second-order valence-electron chi connectivity index (χ2n) is 7.50. The predicted octanol–water partition coefficient (Wildman–Crippen LogP) is 4.17. The first-order valence-electron chi connectivity index (χ1n) is 9.99.